The Balaban J connectivity index is 1.95. The van der Waals surface area contributed by atoms with Crippen molar-refractivity contribution in [3.05, 3.63) is 23.8 Å². The average molecular weight is 306 g/mol. The number of rotatable bonds is 5. The van der Waals surface area contributed by atoms with Crippen LogP contribution in [0.1, 0.15) is 38.3 Å². The molecule has 22 heavy (non-hydrogen) atoms. The van der Waals surface area contributed by atoms with Gasteiger partial charge < -0.3 is 19.7 Å². The molecule has 1 aromatic rings. The molecular weight excluding hydrogens is 280 g/mol. The number of hydrogen-bond donors (Lipinski definition) is 1. The Hall–Kier alpha value is -1.75. The fourth-order valence-corrected chi connectivity index (χ4v) is 2.93. The monoisotopic (exact) mass is 306 g/mol. The van der Waals surface area contributed by atoms with E-state index in [1.165, 1.54) is 5.56 Å². The van der Waals surface area contributed by atoms with E-state index in [4.69, 9.17) is 9.47 Å². The number of methoxy groups -OCH3 is 2. The fourth-order valence-electron chi connectivity index (χ4n) is 2.93. The van der Waals surface area contributed by atoms with E-state index in [0.29, 0.717) is 6.04 Å². The van der Waals surface area contributed by atoms with Gasteiger partial charge in [0.25, 0.3) is 0 Å². The Morgan fingerprint density at radius 1 is 1.23 bits per heavy atom. The highest BCUT2D eigenvalue weighted by atomic mass is 16.5. The molecule has 1 amide bonds. The molecular formula is C17H26N2O3. The summed E-state index contributed by atoms with van der Waals surface area (Å²) < 4.78 is 10.6. The van der Waals surface area contributed by atoms with E-state index < -0.39 is 0 Å². The standard InChI is InChI=1S/C17H26N2O3/c1-12(14-5-6-16(21-3)17(11-14)22-4)18-15-7-9-19(10-8-15)13(2)20/h5-6,11-12,15,18H,7-10H2,1-4H3/t12-/m0/s1. The van der Waals surface area contributed by atoms with E-state index in [0.717, 1.165) is 37.4 Å². The molecule has 1 aliphatic rings. The van der Waals surface area contributed by atoms with Crippen LogP contribution < -0.4 is 14.8 Å². The molecule has 1 fully saturated rings. The van der Waals surface area contributed by atoms with Crippen LogP contribution >= 0.6 is 0 Å². The number of piperidine rings is 1. The molecule has 1 saturated heterocycles. The van der Waals surface area contributed by atoms with Gasteiger partial charge in [-0.1, -0.05) is 6.07 Å². The van der Waals surface area contributed by atoms with E-state index >= 15 is 0 Å². The summed E-state index contributed by atoms with van der Waals surface area (Å²) in [4.78, 5) is 13.3. The van der Waals surface area contributed by atoms with Gasteiger partial charge in [-0.05, 0) is 37.5 Å². The first kappa shape index (κ1) is 16.6. The van der Waals surface area contributed by atoms with Crippen molar-refractivity contribution in [1.29, 1.82) is 0 Å². The predicted molar refractivity (Wildman–Crippen MR) is 86.4 cm³/mol. The number of ether oxygens (including phenoxy) is 2. The first-order chi connectivity index (χ1) is 10.5. The van der Waals surface area contributed by atoms with Crippen molar-refractivity contribution < 1.29 is 14.3 Å². The predicted octanol–water partition coefficient (Wildman–Crippen LogP) is 2.37. The fraction of sp³-hybridized carbons (Fsp3) is 0.588. The number of benzene rings is 1. The third-order valence-corrected chi connectivity index (χ3v) is 4.33. The van der Waals surface area contributed by atoms with E-state index in [1.54, 1.807) is 21.1 Å². The Morgan fingerprint density at radius 3 is 2.41 bits per heavy atom. The molecule has 0 saturated carbocycles. The van der Waals surface area contributed by atoms with Gasteiger partial charge >= 0.3 is 0 Å². The van der Waals surface area contributed by atoms with Gasteiger partial charge in [-0.15, -0.1) is 0 Å². The minimum absolute atomic E-state index is 0.173. The second-order valence-electron chi connectivity index (χ2n) is 5.78. The summed E-state index contributed by atoms with van der Waals surface area (Å²) in [5.41, 5.74) is 1.17. The van der Waals surface area contributed by atoms with Crippen molar-refractivity contribution >= 4 is 5.91 Å². The minimum Gasteiger partial charge on any atom is -0.493 e. The van der Waals surface area contributed by atoms with E-state index in [9.17, 15) is 4.79 Å². The van der Waals surface area contributed by atoms with Crippen molar-refractivity contribution in [3.63, 3.8) is 0 Å². The van der Waals surface area contributed by atoms with Gasteiger partial charge in [-0.3, -0.25) is 4.79 Å². The Kier molecular flexibility index (Phi) is 5.66. The Morgan fingerprint density at radius 2 is 1.86 bits per heavy atom. The van der Waals surface area contributed by atoms with Crippen LogP contribution in [0.4, 0.5) is 0 Å². The maximum atomic E-state index is 11.4. The van der Waals surface area contributed by atoms with Gasteiger partial charge in [0.2, 0.25) is 5.91 Å². The minimum atomic E-state index is 0.173. The molecule has 1 aromatic carbocycles. The van der Waals surface area contributed by atoms with Crippen molar-refractivity contribution in [2.24, 2.45) is 0 Å². The number of nitrogens with one attached hydrogen (secondary N) is 1. The summed E-state index contributed by atoms with van der Waals surface area (Å²) in [6.45, 7) is 5.47. The Labute approximate surface area is 132 Å². The number of carbonyl (C=O) groups excluding carboxylic acids is 1. The zero-order valence-corrected chi connectivity index (χ0v) is 13.9. The smallest absolute Gasteiger partial charge is 0.219 e. The molecule has 1 N–H and O–H groups in total. The lowest BCUT2D eigenvalue weighted by Crippen LogP contribution is -2.44. The SMILES string of the molecule is COc1ccc([C@H](C)NC2CCN(C(C)=O)CC2)cc1OC. The van der Waals surface area contributed by atoms with Crippen molar-refractivity contribution in [3.8, 4) is 11.5 Å². The molecule has 1 heterocycles. The molecule has 5 nitrogen and oxygen atoms in total. The van der Waals surface area contributed by atoms with Crippen LogP contribution in [0.3, 0.4) is 0 Å². The first-order valence-corrected chi connectivity index (χ1v) is 7.78. The van der Waals surface area contributed by atoms with Crippen LogP contribution in [0.15, 0.2) is 18.2 Å². The van der Waals surface area contributed by atoms with Crippen LogP contribution in [0.2, 0.25) is 0 Å². The summed E-state index contributed by atoms with van der Waals surface area (Å²) in [6, 6.07) is 6.68. The number of hydrogen-bond acceptors (Lipinski definition) is 4. The third kappa shape index (κ3) is 3.91. The van der Waals surface area contributed by atoms with E-state index in [-0.39, 0.29) is 11.9 Å². The first-order valence-electron chi connectivity index (χ1n) is 7.78. The zero-order chi connectivity index (χ0) is 16.1. The lowest BCUT2D eigenvalue weighted by molar-refractivity contribution is -0.129. The molecule has 0 spiro atoms. The second-order valence-corrected chi connectivity index (χ2v) is 5.78. The lowest BCUT2D eigenvalue weighted by atomic mass is 10.0. The summed E-state index contributed by atoms with van der Waals surface area (Å²) in [6.07, 6.45) is 1.99. The molecule has 5 heteroatoms. The van der Waals surface area contributed by atoms with Gasteiger partial charge in [0.05, 0.1) is 14.2 Å². The lowest BCUT2D eigenvalue weighted by Gasteiger charge is -2.33. The van der Waals surface area contributed by atoms with Crippen LogP contribution in [0.5, 0.6) is 11.5 Å². The molecule has 122 valence electrons. The number of amides is 1. The highest BCUT2D eigenvalue weighted by Gasteiger charge is 2.22. The van der Waals surface area contributed by atoms with E-state index in [2.05, 4.69) is 18.3 Å². The normalized spacial score (nSPS) is 17.2. The van der Waals surface area contributed by atoms with Gasteiger partial charge in [0.15, 0.2) is 11.5 Å². The molecule has 0 aromatic heterocycles. The largest absolute Gasteiger partial charge is 0.493 e. The number of likely N-dealkylation sites (tertiary alicyclic amines) is 1. The summed E-state index contributed by atoms with van der Waals surface area (Å²) in [5, 5.41) is 3.65. The highest BCUT2D eigenvalue weighted by molar-refractivity contribution is 5.73. The second kappa shape index (κ2) is 7.49. The quantitative estimate of drug-likeness (QED) is 0.907. The van der Waals surface area contributed by atoms with Crippen LogP contribution in [-0.4, -0.2) is 44.2 Å². The summed E-state index contributed by atoms with van der Waals surface area (Å²) in [7, 11) is 3.29. The van der Waals surface area contributed by atoms with Gasteiger partial charge in [-0.25, -0.2) is 0 Å². The zero-order valence-electron chi connectivity index (χ0n) is 13.9. The summed E-state index contributed by atoms with van der Waals surface area (Å²) >= 11 is 0. The van der Waals surface area contributed by atoms with Crippen LogP contribution in [-0.2, 0) is 4.79 Å². The number of nitrogens with zero attached hydrogens (tertiary/aromatic N) is 1. The van der Waals surface area contributed by atoms with Gasteiger partial charge in [0.1, 0.15) is 0 Å². The van der Waals surface area contributed by atoms with Crippen molar-refractivity contribution in [1.82, 2.24) is 10.2 Å². The van der Waals surface area contributed by atoms with Crippen LogP contribution in [0, 0.1) is 0 Å². The molecule has 2 rings (SSSR count). The Bertz CT molecular complexity index is 511. The summed E-state index contributed by atoms with van der Waals surface area (Å²) in [5.74, 6) is 1.67. The molecule has 1 atom stereocenters. The number of carbonyl (C=O) groups is 1. The van der Waals surface area contributed by atoms with Gasteiger partial charge in [-0.2, -0.15) is 0 Å². The maximum absolute atomic E-state index is 11.4. The third-order valence-electron chi connectivity index (χ3n) is 4.33. The molecule has 0 bridgehead atoms. The maximum Gasteiger partial charge on any atom is 0.219 e. The molecule has 0 radical (unpaired) electrons. The topological polar surface area (TPSA) is 50.8 Å². The van der Waals surface area contributed by atoms with Crippen molar-refractivity contribution in [2.75, 3.05) is 27.3 Å². The van der Waals surface area contributed by atoms with Crippen LogP contribution in [0.25, 0.3) is 0 Å². The molecule has 0 unspecified atom stereocenters. The van der Waals surface area contributed by atoms with Gasteiger partial charge in [0, 0.05) is 32.1 Å². The molecule has 1 aliphatic heterocycles. The van der Waals surface area contributed by atoms with E-state index in [1.807, 2.05) is 17.0 Å². The highest BCUT2D eigenvalue weighted by Crippen LogP contribution is 2.30. The van der Waals surface area contributed by atoms with Crippen molar-refractivity contribution in [2.45, 2.75) is 38.8 Å². The molecule has 0 aliphatic carbocycles. The average Bonchev–Trinajstić information content (AvgIpc) is 2.54.